The molecule has 1 rings (SSSR count). The Morgan fingerprint density at radius 2 is 2.06 bits per heavy atom. The van der Waals surface area contributed by atoms with Crippen LogP contribution in [0.4, 0.5) is 22.0 Å². The van der Waals surface area contributed by atoms with Crippen molar-refractivity contribution in [2.45, 2.75) is 25.6 Å². The first-order chi connectivity index (χ1) is 8.28. The smallest absolute Gasteiger partial charge is 0.364 e. The summed E-state index contributed by atoms with van der Waals surface area (Å²) < 4.78 is 67.5. The summed E-state index contributed by atoms with van der Waals surface area (Å²) in [5, 5.41) is 3.17. The van der Waals surface area contributed by atoms with Crippen LogP contribution < -0.4 is 0 Å². The number of rotatable bonds is 6. The average Bonchev–Trinajstić information content (AvgIpc) is 2.63. The Balaban J connectivity index is 2.41. The molecule has 0 aliphatic heterocycles. The lowest BCUT2D eigenvalue weighted by atomic mass is 10.3. The molecule has 0 aliphatic carbocycles. The lowest BCUT2D eigenvalue weighted by molar-refractivity contribution is -0.177. The maximum absolute atomic E-state index is 11.9. The van der Waals surface area contributed by atoms with Crippen molar-refractivity contribution in [1.82, 2.24) is 10.1 Å². The van der Waals surface area contributed by atoms with Crippen LogP contribution in [0.3, 0.4) is 0 Å². The molecule has 5 nitrogen and oxygen atoms in total. The molecule has 102 valence electrons. The number of carbonyl (C=O) groups is 1. The maximum Gasteiger partial charge on any atom is 0.411 e. The summed E-state index contributed by atoms with van der Waals surface area (Å²) in [5.74, 6) is -2.07. The molecule has 1 heterocycles. The van der Waals surface area contributed by atoms with Gasteiger partial charge in [-0.3, -0.25) is 4.79 Å². The van der Waals surface area contributed by atoms with Gasteiger partial charge in [0.2, 0.25) is 11.7 Å². The minimum Gasteiger partial charge on any atom is -0.364 e. The quantitative estimate of drug-likeness (QED) is 0.736. The fourth-order valence-electron chi connectivity index (χ4n) is 0.905. The lowest BCUT2D eigenvalue weighted by Crippen LogP contribution is -2.17. The van der Waals surface area contributed by atoms with Gasteiger partial charge in [-0.25, -0.2) is 8.78 Å². The Bertz CT molecular complexity index is 404. The third-order valence-electron chi connectivity index (χ3n) is 1.58. The molecule has 0 bridgehead atoms. The van der Waals surface area contributed by atoms with Crippen LogP contribution in [0, 0.1) is 0 Å². The highest BCUT2D eigenvalue weighted by Crippen LogP contribution is 2.15. The topological polar surface area (TPSA) is 65.2 Å². The van der Waals surface area contributed by atoms with E-state index >= 15 is 0 Å². The third-order valence-corrected chi connectivity index (χ3v) is 1.58. The standard InChI is InChI=1S/C8H7F5N2O3/c9-7(10)4(16)1-6-14-5(15-18-6)2-17-3-8(11,12)13/h7H,1-3H2. The number of Topliss-reactive ketones (excluding diaryl/α,β-unsaturated/α-hetero) is 1. The number of nitrogens with zero attached hydrogens (tertiary/aromatic N) is 2. The molecule has 0 amide bonds. The van der Waals surface area contributed by atoms with Crippen molar-refractivity contribution in [2.75, 3.05) is 6.61 Å². The summed E-state index contributed by atoms with van der Waals surface area (Å²) in [6.45, 7) is -2.08. The molecule has 0 saturated carbocycles. The predicted molar refractivity (Wildman–Crippen MR) is 44.7 cm³/mol. The van der Waals surface area contributed by atoms with Crippen LogP contribution in [-0.4, -0.2) is 35.1 Å². The number of alkyl halides is 5. The van der Waals surface area contributed by atoms with Crippen LogP contribution in [0.5, 0.6) is 0 Å². The molecular formula is C8H7F5N2O3. The molecule has 0 fully saturated rings. The van der Waals surface area contributed by atoms with Crippen molar-refractivity contribution in [3.05, 3.63) is 11.7 Å². The first-order valence-electron chi connectivity index (χ1n) is 4.55. The van der Waals surface area contributed by atoms with Crippen molar-refractivity contribution in [3.8, 4) is 0 Å². The number of hydrogen-bond donors (Lipinski definition) is 0. The van der Waals surface area contributed by atoms with E-state index in [-0.39, 0.29) is 5.82 Å². The zero-order valence-corrected chi connectivity index (χ0v) is 8.71. The van der Waals surface area contributed by atoms with Crippen LogP contribution in [0.25, 0.3) is 0 Å². The highest BCUT2D eigenvalue weighted by Gasteiger charge is 2.27. The van der Waals surface area contributed by atoms with Crippen molar-refractivity contribution in [2.24, 2.45) is 0 Å². The van der Waals surface area contributed by atoms with Crippen LogP contribution in [0.2, 0.25) is 0 Å². The molecule has 0 aliphatic rings. The van der Waals surface area contributed by atoms with Gasteiger partial charge in [0.1, 0.15) is 13.2 Å². The Morgan fingerprint density at radius 1 is 1.39 bits per heavy atom. The van der Waals surface area contributed by atoms with Gasteiger partial charge in [-0.2, -0.15) is 18.2 Å². The molecule has 1 aromatic heterocycles. The van der Waals surface area contributed by atoms with Gasteiger partial charge < -0.3 is 9.26 Å². The summed E-state index contributed by atoms with van der Waals surface area (Å²) in [6, 6.07) is 0. The largest absolute Gasteiger partial charge is 0.411 e. The van der Waals surface area contributed by atoms with E-state index in [1.807, 2.05) is 0 Å². The van der Waals surface area contributed by atoms with Crippen LogP contribution in [0.15, 0.2) is 4.52 Å². The van der Waals surface area contributed by atoms with Crippen LogP contribution in [0.1, 0.15) is 11.7 Å². The fourth-order valence-corrected chi connectivity index (χ4v) is 0.905. The highest BCUT2D eigenvalue weighted by molar-refractivity contribution is 5.82. The van der Waals surface area contributed by atoms with E-state index in [0.29, 0.717) is 0 Å². The van der Waals surface area contributed by atoms with E-state index in [9.17, 15) is 26.7 Å². The normalized spacial score (nSPS) is 12.1. The van der Waals surface area contributed by atoms with Gasteiger partial charge in [0.25, 0.3) is 6.43 Å². The zero-order chi connectivity index (χ0) is 13.8. The summed E-state index contributed by atoms with van der Waals surface area (Å²) in [7, 11) is 0. The van der Waals surface area contributed by atoms with Crippen LogP contribution in [-0.2, 0) is 22.6 Å². The summed E-state index contributed by atoms with van der Waals surface area (Å²) in [5.41, 5.74) is 0. The van der Waals surface area contributed by atoms with Crippen molar-refractivity contribution < 1.29 is 36.0 Å². The SMILES string of the molecule is O=C(Cc1nc(COCC(F)(F)F)no1)C(F)F. The molecular weight excluding hydrogens is 267 g/mol. The third kappa shape index (κ3) is 5.17. The minimum atomic E-state index is -4.49. The Hall–Kier alpha value is -1.58. The monoisotopic (exact) mass is 274 g/mol. The number of hydrogen-bond acceptors (Lipinski definition) is 5. The van der Waals surface area contributed by atoms with Crippen molar-refractivity contribution >= 4 is 5.78 Å². The van der Waals surface area contributed by atoms with Crippen molar-refractivity contribution in [3.63, 3.8) is 0 Å². The fraction of sp³-hybridized carbons (Fsp3) is 0.625. The molecule has 0 aromatic carbocycles. The Labute approximate surface area is 96.9 Å². The molecule has 0 saturated heterocycles. The second-order valence-corrected chi connectivity index (χ2v) is 3.16. The number of halogens is 5. The second kappa shape index (κ2) is 5.85. The maximum atomic E-state index is 11.9. The van der Waals surface area contributed by atoms with Gasteiger partial charge in [-0.1, -0.05) is 5.16 Å². The Morgan fingerprint density at radius 3 is 2.61 bits per heavy atom. The van der Waals surface area contributed by atoms with E-state index in [1.165, 1.54) is 0 Å². The molecule has 0 unspecified atom stereocenters. The van der Waals surface area contributed by atoms with Crippen molar-refractivity contribution in [1.29, 1.82) is 0 Å². The molecule has 10 heteroatoms. The van der Waals surface area contributed by atoms with E-state index in [4.69, 9.17) is 0 Å². The first-order valence-corrected chi connectivity index (χ1v) is 4.55. The van der Waals surface area contributed by atoms with Gasteiger partial charge >= 0.3 is 6.18 Å². The summed E-state index contributed by atoms with van der Waals surface area (Å²) >= 11 is 0. The first kappa shape index (κ1) is 14.5. The molecule has 0 atom stereocenters. The van der Waals surface area contributed by atoms with Gasteiger partial charge in [0.05, 0.1) is 6.42 Å². The Kier molecular flexibility index (Phi) is 4.70. The second-order valence-electron chi connectivity index (χ2n) is 3.16. The predicted octanol–water partition coefficient (Wildman–Crippen LogP) is 1.53. The number of ketones is 1. The molecule has 0 spiro atoms. The lowest BCUT2D eigenvalue weighted by Gasteiger charge is -2.04. The summed E-state index contributed by atoms with van der Waals surface area (Å²) in [4.78, 5) is 14.0. The molecule has 18 heavy (non-hydrogen) atoms. The zero-order valence-electron chi connectivity index (χ0n) is 8.71. The minimum absolute atomic E-state index is 0.253. The van der Waals surface area contributed by atoms with E-state index in [2.05, 4.69) is 19.4 Å². The van der Waals surface area contributed by atoms with E-state index in [1.54, 1.807) is 0 Å². The van der Waals surface area contributed by atoms with Crippen LogP contribution >= 0.6 is 0 Å². The average molecular weight is 274 g/mol. The van der Waals surface area contributed by atoms with Gasteiger partial charge in [0.15, 0.2) is 5.82 Å². The number of aromatic nitrogens is 2. The molecule has 1 aromatic rings. The van der Waals surface area contributed by atoms with E-state index < -0.39 is 43.9 Å². The van der Waals surface area contributed by atoms with Gasteiger partial charge in [0, 0.05) is 0 Å². The number of carbonyl (C=O) groups excluding carboxylic acids is 1. The van der Waals surface area contributed by atoms with E-state index in [0.717, 1.165) is 0 Å². The summed E-state index contributed by atoms with van der Waals surface area (Å²) in [6.07, 6.45) is -8.43. The number of ether oxygens (including phenoxy) is 1. The highest BCUT2D eigenvalue weighted by atomic mass is 19.4. The molecule has 0 N–H and O–H groups in total. The molecule has 0 radical (unpaired) electrons. The van der Waals surface area contributed by atoms with Gasteiger partial charge in [-0.15, -0.1) is 0 Å². The van der Waals surface area contributed by atoms with Gasteiger partial charge in [-0.05, 0) is 0 Å².